The van der Waals surface area contributed by atoms with Gasteiger partial charge in [-0.25, -0.2) is 0 Å². The molecule has 0 bridgehead atoms. The molecule has 1 unspecified atom stereocenters. The predicted octanol–water partition coefficient (Wildman–Crippen LogP) is 3.61. The Kier molecular flexibility index (Phi) is 5.62. The van der Waals surface area contributed by atoms with E-state index in [0.717, 1.165) is 47.3 Å². The van der Waals surface area contributed by atoms with Crippen molar-refractivity contribution in [3.8, 4) is 5.75 Å². The number of esters is 1. The van der Waals surface area contributed by atoms with Crippen molar-refractivity contribution >= 4 is 5.97 Å². The molecule has 1 aliphatic rings. The van der Waals surface area contributed by atoms with Crippen LogP contribution in [0.2, 0.25) is 0 Å². The maximum Gasteiger partial charge on any atom is 0.318 e. The van der Waals surface area contributed by atoms with E-state index in [1.54, 1.807) is 7.11 Å². The van der Waals surface area contributed by atoms with Crippen LogP contribution in [-0.2, 0) is 9.53 Å². The van der Waals surface area contributed by atoms with Crippen LogP contribution in [0.4, 0.5) is 0 Å². The number of methoxy groups -OCH3 is 1. The van der Waals surface area contributed by atoms with E-state index in [9.17, 15) is 4.79 Å². The lowest BCUT2D eigenvalue weighted by molar-refractivity contribution is -0.896. The molecule has 2 aromatic rings. The standard InChI is InChI=1S/C22H28NO3/c1-23(2)15-13-20(14-16-23)26-22(24)21(17-7-5-4-6-8-17)18-9-11-19(25-3)12-10-18/h4-12,20-21H,13-16H2,1-3H3/q+1. The Balaban J connectivity index is 1.80. The third-order valence-corrected chi connectivity index (χ3v) is 5.21. The lowest BCUT2D eigenvalue weighted by atomic mass is 9.91. The minimum atomic E-state index is -0.411. The molecule has 4 heteroatoms. The molecule has 0 aliphatic carbocycles. The number of piperidine rings is 1. The molecule has 0 radical (unpaired) electrons. The Hall–Kier alpha value is -2.33. The molecule has 26 heavy (non-hydrogen) atoms. The Labute approximate surface area is 155 Å². The Morgan fingerprint density at radius 2 is 1.54 bits per heavy atom. The number of nitrogens with zero attached hydrogens (tertiary/aromatic N) is 1. The summed E-state index contributed by atoms with van der Waals surface area (Å²) in [5, 5.41) is 0. The molecule has 4 nitrogen and oxygen atoms in total. The zero-order chi connectivity index (χ0) is 18.6. The molecule has 0 amide bonds. The number of ether oxygens (including phenoxy) is 2. The average Bonchev–Trinajstić information content (AvgIpc) is 2.65. The van der Waals surface area contributed by atoms with Crippen molar-refractivity contribution in [2.24, 2.45) is 0 Å². The molecule has 138 valence electrons. The van der Waals surface area contributed by atoms with Gasteiger partial charge in [0.25, 0.3) is 0 Å². The van der Waals surface area contributed by atoms with Gasteiger partial charge in [0.1, 0.15) is 17.8 Å². The van der Waals surface area contributed by atoms with E-state index in [4.69, 9.17) is 9.47 Å². The molecule has 0 aromatic heterocycles. The molecule has 1 aliphatic heterocycles. The Morgan fingerprint density at radius 1 is 0.962 bits per heavy atom. The maximum absolute atomic E-state index is 13.1. The first-order valence-corrected chi connectivity index (χ1v) is 9.20. The molecule has 3 rings (SSSR count). The van der Waals surface area contributed by atoms with Crippen LogP contribution in [-0.4, -0.2) is 50.9 Å². The third-order valence-electron chi connectivity index (χ3n) is 5.21. The first-order valence-electron chi connectivity index (χ1n) is 9.20. The summed E-state index contributed by atoms with van der Waals surface area (Å²) < 4.78 is 12.2. The van der Waals surface area contributed by atoms with Crippen LogP contribution >= 0.6 is 0 Å². The summed E-state index contributed by atoms with van der Waals surface area (Å²) >= 11 is 0. The topological polar surface area (TPSA) is 35.5 Å². The second-order valence-electron chi connectivity index (χ2n) is 7.64. The maximum atomic E-state index is 13.1. The molecule has 1 saturated heterocycles. The van der Waals surface area contributed by atoms with Crippen LogP contribution in [0, 0.1) is 0 Å². The molecule has 0 N–H and O–H groups in total. The zero-order valence-electron chi connectivity index (χ0n) is 15.9. The van der Waals surface area contributed by atoms with E-state index < -0.39 is 5.92 Å². The van der Waals surface area contributed by atoms with E-state index >= 15 is 0 Å². The molecular formula is C22H28NO3+. The van der Waals surface area contributed by atoms with Crippen molar-refractivity contribution in [1.82, 2.24) is 0 Å². The van der Waals surface area contributed by atoms with Gasteiger partial charge in [0.2, 0.25) is 0 Å². The van der Waals surface area contributed by atoms with Crippen LogP contribution < -0.4 is 4.74 Å². The van der Waals surface area contributed by atoms with Crippen LogP contribution in [0.1, 0.15) is 29.9 Å². The van der Waals surface area contributed by atoms with Gasteiger partial charge in [-0.2, -0.15) is 0 Å². The number of likely N-dealkylation sites (tertiary alicyclic amines) is 1. The van der Waals surface area contributed by atoms with Gasteiger partial charge in [0, 0.05) is 12.8 Å². The van der Waals surface area contributed by atoms with Crippen LogP contribution in [0.25, 0.3) is 0 Å². The average molecular weight is 354 g/mol. The number of hydrogen-bond acceptors (Lipinski definition) is 3. The number of benzene rings is 2. The van der Waals surface area contributed by atoms with Crippen LogP contribution in [0.5, 0.6) is 5.75 Å². The minimum Gasteiger partial charge on any atom is -0.497 e. The smallest absolute Gasteiger partial charge is 0.318 e. The molecule has 1 fully saturated rings. The van der Waals surface area contributed by atoms with E-state index in [1.165, 1.54) is 0 Å². The van der Waals surface area contributed by atoms with Crippen molar-refractivity contribution < 1.29 is 18.8 Å². The van der Waals surface area contributed by atoms with Gasteiger partial charge in [-0.3, -0.25) is 4.79 Å². The van der Waals surface area contributed by atoms with Gasteiger partial charge in [-0.05, 0) is 23.3 Å². The molecule has 0 saturated carbocycles. The molecular weight excluding hydrogens is 326 g/mol. The summed E-state index contributed by atoms with van der Waals surface area (Å²) in [6, 6.07) is 17.5. The highest BCUT2D eigenvalue weighted by molar-refractivity contribution is 5.82. The van der Waals surface area contributed by atoms with Gasteiger partial charge < -0.3 is 14.0 Å². The second-order valence-corrected chi connectivity index (χ2v) is 7.64. The first-order chi connectivity index (χ1) is 12.5. The van der Waals surface area contributed by atoms with Gasteiger partial charge in [0.05, 0.1) is 34.3 Å². The van der Waals surface area contributed by atoms with Gasteiger partial charge >= 0.3 is 5.97 Å². The van der Waals surface area contributed by atoms with Crippen molar-refractivity contribution in [1.29, 1.82) is 0 Å². The SMILES string of the molecule is COc1ccc(C(C(=O)OC2CC[N+](C)(C)CC2)c2ccccc2)cc1. The monoisotopic (exact) mass is 354 g/mol. The molecule has 1 heterocycles. The van der Waals surface area contributed by atoms with Crippen molar-refractivity contribution in [2.75, 3.05) is 34.3 Å². The van der Waals surface area contributed by atoms with E-state index in [1.807, 2.05) is 54.6 Å². The summed E-state index contributed by atoms with van der Waals surface area (Å²) in [5.41, 5.74) is 1.88. The minimum absolute atomic E-state index is 0.0121. The lowest BCUT2D eigenvalue weighted by Crippen LogP contribution is -2.48. The summed E-state index contributed by atoms with van der Waals surface area (Å²) in [4.78, 5) is 13.1. The molecule has 2 aromatic carbocycles. The van der Waals surface area contributed by atoms with Gasteiger partial charge in [0.15, 0.2) is 0 Å². The van der Waals surface area contributed by atoms with Crippen LogP contribution in [0.15, 0.2) is 54.6 Å². The molecule has 1 atom stereocenters. The van der Waals surface area contributed by atoms with E-state index in [0.29, 0.717) is 0 Å². The van der Waals surface area contributed by atoms with Crippen LogP contribution in [0.3, 0.4) is 0 Å². The number of carbonyl (C=O) groups is 1. The number of quaternary nitrogens is 1. The largest absolute Gasteiger partial charge is 0.497 e. The highest BCUT2D eigenvalue weighted by atomic mass is 16.5. The predicted molar refractivity (Wildman–Crippen MR) is 102 cm³/mol. The summed E-state index contributed by atoms with van der Waals surface area (Å²) in [6.07, 6.45) is 1.85. The van der Waals surface area contributed by atoms with Crippen molar-refractivity contribution in [2.45, 2.75) is 24.9 Å². The van der Waals surface area contributed by atoms with Gasteiger partial charge in [-0.1, -0.05) is 42.5 Å². The Morgan fingerprint density at radius 3 is 2.12 bits per heavy atom. The number of rotatable bonds is 5. The van der Waals surface area contributed by atoms with Crippen molar-refractivity contribution in [3.05, 3.63) is 65.7 Å². The quantitative estimate of drug-likeness (QED) is 0.608. The fourth-order valence-electron chi connectivity index (χ4n) is 3.50. The second kappa shape index (κ2) is 7.92. The number of carbonyl (C=O) groups excluding carboxylic acids is 1. The van der Waals surface area contributed by atoms with Gasteiger partial charge in [-0.15, -0.1) is 0 Å². The highest BCUT2D eigenvalue weighted by Gasteiger charge is 2.31. The normalized spacial score (nSPS) is 18.1. The fraction of sp³-hybridized carbons (Fsp3) is 0.409. The first kappa shape index (κ1) is 18.5. The Bertz CT molecular complexity index is 715. The zero-order valence-corrected chi connectivity index (χ0v) is 15.9. The van der Waals surface area contributed by atoms with E-state index in [-0.39, 0.29) is 12.1 Å². The summed E-state index contributed by atoms with van der Waals surface area (Å²) in [7, 11) is 6.09. The lowest BCUT2D eigenvalue weighted by Gasteiger charge is -2.37. The molecule has 0 spiro atoms. The third kappa shape index (κ3) is 4.44. The summed E-state index contributed by atoms with van der Waals surface area (Å²) in [6.45, 7) is 2.08. The van der Waals surface area contributed by atoms with E-state index in [2.05, 4.69) is 14.1 Å². The fourth-order valence-corrected chi connectivity index (χ4v) is 3.50. The van der Waals surface area contributed by atoms with Crippen molar-refractivity contribution in [3.63, 3.8) is 0 Å². The highest BCUT2D eigenvalue weighted by Crippen LogP contribution is 2.29. The number of hydrogen-bond donors (Lipinski definition) is 0. The summed E-state index contributed by atoms with van der Waals surface area (Å²) in [5.74, 6) is 0.200.